The van der Waals surface area contributed by atoms with Crippen LogP contribution in [0.2, 0.25) is 0 Å². The van der Waals surface area contributed by atoms with Crippen LogP contribution >= 0.6 is 0 Å². The van der Waals surface area contributed by atoms with Crippen LogP contribution in [0.15, 0.2) is 115 Å². The van der Waals surface area contributed by atoms with E-state index in [1.54, 1.807) is 0 Å². The second-order valence-corrected chi connectivity index (χ2v) is 9.94. The molecule has 3 nitrogen and oxygen atoms in total. The van der Waals surface area contributed by atoms with Crippen molar-refractivity contribution in [3.8, 4) is 11.1 Å². The summed E-state index contributed by atoms with van der Waals surface area (Å²) < 4.78 is 0. The van der Waals surface area contributed by atoms with Gasteiger partial charge in [0.1, 0.15) is 5.84 Å². The fourth-order valence-corrected chi connectivity index (χ4v) is 5.21. The van der Waals surface area contributed by atoms with Crippen molar-refractivity contribution in [1.82, 2.24) is 0 Å². The molecule has 5 aromatic carbocycles. The minimum absolute atomic E-state index is 0.509. The van der Waals surface area contributed by atoms with Crippen molar-refractivity contribution in [2.24, 2.45) is 10.7 Å². The van der Waals surface area contributed by atoms with Crippen LogP contribution in [0.25, 0.3) is 34.1 Å². The molecular weight excluding hydrogens is 486 g/mol. The van der Waals surface area contributed by atoms with Crippen LogP contribution in [0.4, 0.5) is 11.4 Å². The largest absolute Gasteiger partial charge is 0.398 e. The Labute approximate surface area is 237 Å². The molecule has 0 atom stereocenters. The van der Waals surface area contributed by atoms with Crippen LogP contribution in [0.5, 0.6) is 0 Å². The zero-order chi connectivity index (χ0) is 28.1. The third-order valence-corrected chi connectivity index (χ3v) is 7.40. The summed E-state index contributed by atoms with van der Waals surface area (Å²) in [4.78, 5) is 5.03. The van der Waals surface area contributed by atoms with Crippen molar-refractivity contribution in [2.75, 3.05) is 5.73 Å². The summed E-state index contributed by atoms with van der Waals surface area (Å²) >= 11 is 0. The van der Waals surface area contributed by atoms with Crippen molar-refractivity contribution < 1.29 is 0 Å². The summed E-state index contributed by atoms with van der Waals surface area (Å²) in [7, 11) is 0. The average Bonchev–Trinajstić information content (AvgIpc) is 2.99. The molecule has 0 unspecified atom stereocenters. The Morgan fingerprint density at radius 1 is 0.850 bits per heavy atom. The second-order valence-electron chi connectivity index (χ2n) is 9.94. The van der Waals surface area contributed by atoms with Gasteiger partial charge in [-0.05, 0) is 64.6 Å². The van der Waals surface area contributed by atoms with Crippen LogP contribution in [0, 0.1) is 0 Å². The van der Waals surface area contributed by atoms with E-state index >= 15 is 0 Å². The number of anilines is 1. The highest BCUT2D eigenvalue weighted by atomic mass is 14.9. The Morgan fingerprint density at radius 2 is 1.65 bits per heavy atom. The number of hydrogen-bond donors (Lipinski definition) is 2. The smallest absolute Gasteiger partial charge is 0.131 e. The Morgan fingerprint density at radius 3 is 2.40 bits per heavy atom. The normalized spacial score (nSPS) is 11.8. The molecule has 0 saturated heterocycles. The Balaban J connectivity index is 1.52. The van der Waals surface area contributed by atoms with Gasteiger partial charge in [0.15, 0.2) is 0 Å². The van der Waals surface area contributed by atoms with Gasteiger partial charge in [-0.3, -0.25) is 0 Å². The maximum Gasteiger partial charge on any atom is 0.131 e. The summed E-state index contributed by atoms with van der Waals surface area (Å²) in [5, 5.41) is 2.23. The van der Waals surface area contributed by atoms with Crippen LogP contribution in [-0.2, 0) is 12.8 Å². The molecule has 0 amide bonds. The number of benzene rings is 5. The highest BCUT2D eigenvalue weighted by molar-refractivity contribution is 6.03. The van der Waals surface area contributed by atoms with E-state index in [0.717, 1.165) is 68.4 Å². The van der Waals surface area contributed by atoms with Gasteiger partial charge in [0.25, 0.3) is 0 Å². The average molecular weight is 522 g/mol. The number of nitrogen functional groups attached to an aromatic ring is 1. The molecule has 0 aliphatic carbocycles. The predicted octanol–water partition coefficient (Wildman–Crippen LogP) is 8.96. The fourth-order valence-electron chi connectivity index (χ4n) is 5.21. The summed E-state index contributed by atoms with van der Waals surface area (Å²) in [6.45, 7) is 8.08. The molecule has 0 saturated carbocycles. The molecule has 0 radical (unpaired) electrons. The Hall–Kier alpha value is -4.89. The van der Waals surface area contributed by atoms with Gasteiger partial charge in [0, 0.05) is 22.2 Å². The van der Waals surface area contributed by atoms with Gasteiger partial charge >= 0.3 is 0 Å². The number of aryl methyl sites for hydroxylation is 1. The van der Waals surface area contributed by atoms with Crippen LogP contribution in [0.1, 0.15) is 47.2 Å². The van der Waals surface area contributed by atoms with E-state index in [4.69, 9.17) is 16.5 Å². The lowest BCUT2D eigenvalue weighted by Gasteiger charge is -2.13. The SMILES string of the molecule is C=Cc1ccc(C(N)=Nc2c(Cc3ccc(-c4cccc(/C=C\C)c4N)cc3)ccc3ccccc23)cc1CC. The van der Waals surface area contributed by atoms with E-state index in [1.165, 1.54) is 11.1 Å². The first-order chi connectivity index (χ1) is 19.5. The van der Waals surface area contributed by atoms with Gasteiger partial charge in [-0.25, -0.2) is 4.99 Å². The monoisotopic (exact) mass is 521 g/mol. The van der Waals surface area contributed by atoms with Gasteiger partial charge in [0.2, 0.25) is 0 Å². The minimum atomic E-state index is 0.509. The molecule has 0 spiro atoms. The highest BCUT2D eigenvalue weighted by Crippen LogP contribution is 2.34. The van der Waals surface area contributed by atoms with Gasteiger partial charge in [-0.2, -0.15) is 0 Å². The molecule has 0 heterocycles. The molecule has 198 valence electrons. The number of aliphatic imine (C=N–C) groups is 1. The maximum absolute atomic E-state index is 6.64. The zero-order valence-electron chi connectivity index (χ0n) is 23.2. The Bertz CT molecular complexity index is 1740. The summed E-state index contributed by atoms with van der Waals surface area (Å²) in [6.07, 6.45) is 7.58. The fraction of sp³-hybridized carbons (Fsp3) is 0.108. The third-order valence-electron chi connectivity index (χ3n) is 7.40. The van der Waals surface area contributed by atoms with E-state index in [9.17, 15) is 0 Å². The standard InChI is InChI=1S/C37H35N3/c1-4-10-30-12-9-14-33(35(30)38)29-17-15-25(16-18-29)23-31-21-20-28-11-7-8-13-34(28)36(31)40-37(39)32-22-19-26(5-2)27(6-3)24-32/h4-5,7-22,24H,2,6,23,38H2,1,3H3,(H2,39,40)/b10-4-. The van der Waals surface area contributed by atoms with Crippen molar-refractivity contribution in [2.45, 2.75) is 26.7 Å². The quantitative estimate of drug-likeness (QED) is 0.122. The number of nitrogens with zero attached hydrogens (tertiary/aromatic N) is 1. The number of hydrogen-bond acceptors (Lipinski definition) is 2. The third kappa shape index (κ3) is 5.45. The van der Waals surface area contributed by atoms with Gasteiger partial charge in [-0.15, -0.1) is 0 Å². The van der Waals surface area contributed by atoms with Gasteiger partial charge < -0.3 is 11.5 Å². The number of rotatable bonds is 8. The molecule has 0 fully saturated rings. The number of amidine groups is 1. The summed E-state index contributed by atoms with van der Waals surface area (Å²) in [6, 6.07) is 33.7. The first-order valence-corrected chi connectivity index (χ1v) is 13.7. The van der Waals surface area contributed by atoms with Gasteiger partial charge in [0.05, 0.1) is 5.69 Å². The summed E-state index contributed by atoms with van der Waals surface area (Å²) in [5.41, 5.74) is 23.6. The first-order valence-electron chi connectivity index (χ1n) is 13.7. The van der Waals surface area contributed by atoms with Crippen LogP contribution in [0.3, 0.4) is 0 Å². The lowest BCUT2D eigenvalue weighted by Crippen LogP contribution is -2.13. The predicted molar refractivity (Wildman–Crippen MR) is 174 cm³/mol. The van der Waals surface area contributed by atoms with Crippen molar-refractivity contribution in [3.63, 3.8) is 0 Å². The lowest BCUT2D eigenvalue weighted by atomic mass is 9.95. The molecule has 40 heavy (non-hydrogen) atoms. The molecule has 0 bridgehead atoms. The molecule has 0 aliphatic rings. The Kier molecular flexibility index (Phi) is 7.93. The van der Waals surface area contributed by atoms with E-state index in [0.29, 0.717) is 5.84 Å². The summed E-state index contributed by atoms with van der Waals surface area (Å²) in [5.74, 6) is 0.509. The van der Waals surface area contributed by atoms with Crippen LogP contribution in [-0.4, -0.2) is 5.84 Å². The molecule has 0 aliphatic heterocycles. The molecular formula is C37H35N3. The minimum Gasteiger partial charge on any atom is -0.398 e. The van der Waals surface area contributed by atoms with E-state index in [2.05, 4.69) is 92.4 Å². The first kappa shape index (κ1) is 26.7. The molecule has 3 heteroatoms. The van der Waals surface area contributed by atoms with Crippen molar-refractivity contribution in [1.29, 1.82) is 0 Å². The van der Waals surface area contributed by atoms with Gasteiger partial charge in [-0.1, -0.05) is 123 Å². The molecule has 4 N–H and O–H groups in total. The number of fused-ring (bicyclic) bond motifs is 1. The van der Waals surface area contributed by atoms with Crippen LogP contribution < -0.4 is 11.5 Å². The van der Waals surface area contributed by atoms with Crippen molar-refractivity contribution >= 4 is 40.1 Å². The number of para-hydroxylation sites is 1. The molecule has 5 aromatic rings. The number of nitrogens with two attached hydrogens (primary N) is 2. The van der Waals surface area contributed by atoms with Crippen molar-refractivity contribution in [3.05, 3.63) is 143 Å². The highest BCUT2D eigenvalue weighted by Gasteiger charge is 2.12. The zero-order valence-corrected chi connectivity index (χ0v) is 23.2. The molecule has 0 aromatic heterocycles. The lowest BCUT2D eigenvalue weighted by molar-refractivity contribution is 1.13. The van der Waals surface area contributed by atoms with E-state index in [-0.39, 0.29) is 0 Å². The number of allylic oxidation sites excluding steroid dienone is 1. The van der Waals surface area contributed by atoms with E-state index < -0.39 is 0 Å². The maximum atomic E-state index is 6.64. The van der Waals surface area contributed by atoms with E-state index in [1.807, 2.05) is 43.4 Å². The second kappa shape index (κ2) is 11.9. The topological polar surface area (TPSA) is 64.4 Å². The molecule has 5 rings (SSSR count).